The molecule has 1 amide bonds. The van der Waals surface area contributed by atoms with Crippen LogP contribution in [0.3, 0.4) is 0 Å². The Morgan fingerprint density at radius 1 is 0.957 bits per heavy atom. The predicted octanol–water partition coefficient (Wildman–Crippen LogP) is 7.93. The molecular formula is C35H36F3N3O4S2. The number of carbonyl (C=O) groups excluding carboxylic acids is 1. The van der Waals surface area contributed by atoms with E-state index in [0.29, 0.717) is 24.6 Å². The molecule has 6 rings (SSSR count). The maximum atomic E-state index is 13.3. The number of fused-ring (bicyclic) bond motifs is 4. The zero-order valence-electron chi connectivity index (χ0n) is 26.0. The highest BCUT2D eigenvalue weighted by Crippen LogP contribution is 2.59. The van der Waals surface area contributed by atoms with Crippen molar-refractivity contribution >= 4 is 49.9 Å². The number of rotatable bonds is 12. The predicted molar refractivity (Wildman–Crippen MR) is 178 cm³/mol. The smallest absolute Gasteiger partial charge is 0.377 e. The van der Waals surface area contributed by atoms with Crippen LogP contribution < -0.4 is 15.5 Å². The lowest BCUT2D eigenvalue weighted by molar-refractivity contribution is -0.177. The Balaban J connectivity index is 1.08. The average Bonchev–Trinajstić information content (AvgIpc) is 3.26. The van der Waals surface area contributed by atoms with Gasteiger partial charge in [0.05, 0.1) is 6.61 Å². The average molecular weight is 684 g/mol. The number of unbranched alkanes of at least 4 members (excludes halogenated alkanes) is 2. The van der Waals surface area contributed by atoms with Gasteiger partial charge < -0.3 is 15.5 Å². The molecule has 1 aliphatic heterocycles. The highest BCUT2D eigenvalue weighted by Gasteiger charge is 2.61. The van der Waals surface area contributed by atoms with Gasteiger partial charge in [0.2, 0.25) is 0 Å². The van der Waals surface area contributed by atoms with E-state index >= 15 is 0 Å². The molecule has 1 heterocycles. The summed E-state index contributed by atoms with van der Waals surface area (Å²) in [6, 6.07) is 26.3. The van der Waals surface area contributed by atoms with Crippen molar-refractivity contribution in [1.29, 1.82) is 0 Å². The zero-order valence-corrected chi connectivity index (χ0v) is 27.6. The first-order valence-corrected chi connectivity index (χ1v) is 17.7. The Bertz CT molecular complexity index is 1890. The standard InChI is InChI=1S/C35H36F3N3O4S2/c1-41(2)30-16-9-15-27-26(30)14-10-17-31(27)47(43,44)45-20-8-4-5-11-23-22-34(40-33(42)35(36,37)38)32(23)28-21-25(18-19-29(28)39-34)46-24-12-6-3-7-13-24/h3,6-7,9-10,12-19,21,23,32,39H,4-5,8,11,20,22H2,1-2H3,(H,40,42)/t23-,32-,34+/m0/s1. The molecule has 0 radical (unpaired) electrons. The van der Waals surface area contributed by atoms with Crippen molar-refractivity contribution in [1.82, 2.24) is 5.32 Å². The molecule has 1 saturated carbocycles. The van der Waals surface area contributed by atoms with E-state index in [1.54, 1.807) is 30.0 Å². The molecule has 1 aliphatic carbocycles. The molecule has 0 saturated heterocycles. The third-order valence-electron chi connectivity index (χ3n) is 8.94. The molecule has 0 bridgehead atoms. The van der Waals surface area contributed by atoms with Crippen molar-refractivity contribution in [2.75, 3.05) is 30.9 Å². The SMILES string of the molecule is CN(C)c1cccc2c(S(=O)(=O)OCCCCC[C@H]3C[C@]4(NC(=O)C(F)(F)F)Nc5ccc(Sc6ccccc6)cc5[C@H]34)cccc12. The molecule has 4 aromatic carbocycles. The maximum absolute atomic E-state index is 13.3. The van der Waals surface area contributed by atoms with E-state index in [1.165, 1.54) is 0 Å². The molecule has 2 aliphatic rings. The van der Waals surface area contributed by atoms with E-state index in [9.17, 15) is 26.4 Å². The number of carbonyl (C=O) groups is 1. The van der Waals surface area contributed by atoms with Crippen LogP contribution >= 0.6 is 11.8 Å². The minimum absolute atomic E-state index is 0.0240. The molecule has 7 nitrogen and oxygen atoms in total. The van der Waals surface area contributed by atoms with Crippen molar-refractivity contribution in [3.63, 3.8) is 0 Å². The van der Waals surface area contributed by atoms with E-state index < -0.39 is 27.9 Å². The van der Waals surface area contributed by atoms with Crippen LogP contribution in [0, 0.1) is 5.92 Å². The highest BCUT2D eigenvalue weighted by molar-refractivity contribution is 7.99. The highest BCUT2D eigenvalue weighted by atomic mass is 32.2. The summed E-state index contributed by atoms with van der Waals surface area (Å²) in [5.41, 5.74) is 1.33. The van der Waals surface area contributed by atoms with Gasteiger partial charge in [0.1, 0.15) is 10.6 Å². The largest absolute Gasteiger partial charge is 0.471 e. The second kappa shape index (κ2) is 13.0. The van der Waals surface area contributed by atoms with Crippen LogP contribution in [0.25, 0.3) is 10.8 Å². The van der Waals surface area contributed by atoms with Crippen LogP contribution in [0.1, 0.15) is 43.6 Å². The Hall–Kier alpha value is -3.74. The quantitative estimate of drug-likeness (QED) is 0.116. The summed E-state index contributed by atoms with van der Waals surface area (Å²) in [6.45, 7) is 0.0240. The first-order chi connectivity index (χ1) is 22.4. The fraction of sp³-hybridized carbons (Fsp3) is 0.343. The van der Waals surface area contributed by atoms with Crippen LogP contribution in [0.5, 0.6) is 0 Å². The molecule has 0 aromatic heterocycles. The van der Waals surface area contributed by atoms with Crippen molar-refractivity contribution in [3.8, 4) is 0 Å². The summed E-state index contributed by atoms with van der Waals surface area (Å²) in [4.78, 5) is 16.1. The Labute approximate surface area is 277 Å². The molecule has 2 N–H and O–H groups in total. The number of amides is 1. The number of nitrogens with one attached hydrogen (secondary N) is 2. The van der Waals surface area contributed by atoms with Gasteiger partial charge in [-0.3, -0.25) is 8.98 Å². The number of hydrogen-bond acceptors (Lipinski definition) is 7. The van der Waals surface area contributed by atoms with Crippen molar-refractivity contribution < 1.29 is 30.6 Å². The monoisotopic (exact) mass is 683 g/mol. The lowest BCUT2D eigenvalue weighted by Gasteiger charge is -2.52. The van der Waals surface area contributed by atoms with Gasteiger partial charge in [0.25, 0.3) is 10.1 Å². The fourth-order valence-corrected chi connectivity index (χ4v) is 8.93. The Kier molecular flexibility index (Phi) is 9.21. The van der Waals surface area contributed by atoms with Gasteiger partial charge in [-0.1, -0.05) is 67.1 Å². The number of alkyl halides is 3. The summed E-state index contributed by atoms with van der Waals surface area (Å²) in [5, 5.41) is 6.89. The van der Waals surface area contributed by atoms with Crippen LogP contribution in [0.15, 0.2) is 99.6 Å². The van der Waals surface area contributed by atoms with E-state index in [-0.39, 0.29) is 23.3 Å². The summed E-state index contributed by atoms with van der Waals surface area (Å²) in [6.07, 6.45) is -1.98. The van der Waals surface area contributed by atoms with Crippen molar-refractivity contribution in [2.45, 2.75) is 64.5 Å². The van der Waals surface area contributed by atoms with Gasteiger partial charge in [-0.2, -0.15) is 21.6 Å². The van der Waals surface area contributed by atoms with Crippen molar-refractivity contribution in [3.05, 3.63) is 90.5 Å². The maximum Gasteiger partial charge on any atom is 0.471 e. The lowest BCUT2D eigenvalue weighted by atomic mass is 9.61. The van der Waals surface area contributed by atoms with Gasteiger partial charge >= 0.3 is 12.1 Å². The summed E-state index contributed by atoms with van der Waals surface area (Å²) < 4.78 is 71.6. The second-order valence-corrected chi connectivity index (χ2v) is 15.0. The second-order valence-electron chi connectivity index (χ2n) is 12.3. The molecule has 248 valence electrons. The van der Waals surface area contributed by atoms with Crippen LogP contribution in [0.4, 0.5) is 24.5 Å². The minimum Gasteiger partial charge on any atom is -0.377 e. The number of nitrogens with zero attached hydrogens (tertiary/aromatic N) is 1. The third kappa shape index (κ3) is 6.81. The number of halogens is 3. The first kappa shape index (κ1) is 33.2. The summed E-state index contributed by atoms with van der Waals surface area (Å²) in [7, 11) is -0.188. The van der Waals surface area contributed by atoms with E-state index in [4.69, 9.17) is 4.18 Å². The molecule has 3 atom stereocenters. The minimum atomic E-state index is -4.99. The van der Waals surface area contributed by atoms with E-state index in [2.05, 4.69) is 10.6 Å². The van der Waals surface area contributed by atoms with E-state index in [1.807, 2.05) is 85.7 Å². The van der Waals surface area contributed by atoms with Gasteiger partial charge in [-0.25, -0.2) is 0 Å². The first-order valence-electron chi connectivity index (χ1n) is 15.5. The Morgan fingerprint density at radius 3 is 2.45 bits per heavy atom. The van der Waals surface area contributed by atoms with Gasteiger partial charge in [-0.05, 0) is 73.2 Å². The number of benzene rings is 4. The lowest BCUT2D eigenvalue weighted by Crippen LogP contribution is -2.66. The zero-order chi connectivity index (χ0) is 33.4. The normalized spacial score (nSPS) is 20.2. The molecule has 1 fully saturated rings. The topological polar surface area (TPSA) is 87.7 Å². The molecule has 0 unspecified atom stereocenters. The number of anilines is 2. The Morgan fingerprint density at radius 2 is 1.70 bits per heavy atom. The molecular weight excluding hydrogens is 648 g/mol. The number of hydrogen-bond donors (Lipinski definition) is 2. The van der Waals surface area contributed by atoms with Crippen LogP contribution in [0.2, 0.25) is 0 Å². The summed E-state index contributed by atoms with van der Waals surface area (Å²) in [5.74, 6) is -2.24. The van der Waals surface area contributed by atoms with Crippen LogP contribution in [-0.4, -0.2) is 46.9 Å². The molecule has 4 aromatic rings. The van der Waals surface area contributed by atoms with Gasteiger partial charge in [-0.15, -0.1) is 0 Å². The molecule has 47 heavy (non-hydrogen) atoms. The summed E-state index contributed by atoms with van der Waals surface area (Å²) >= 11 is 1.57. The van der Waals surface area contributed by atoms with Gasteiger partial charge in [0.15, 0.2) is 0 Å². The van der Waals surface area contributed by atoms with Crippen molar-refractivity contribution in [2.24, 2.45) is 5.92 Å². The third-order valence-corrected chi connectivity index (χ3v) is 11.3. The van der Waals surface area contributed by atoms with E-state index in [0.717, 1.165) is 45.0 Å². The van der Waals surface area contributed by atoms with Crippen LogP contribution in [-0.2, 0) is 19.1 Å². The van der Waals surface area contributed by atoms with Gasteiger partial charge in [0, 0.05) is 52.0 Å². The molecule has 0 spiro atoms. The fourth-order valence-electron chi connectivity index (χ4n) is 6.88. The molecule has 12 heteroatoms.